The number of nitriles is 1. The monoisotopic (exact) mass is 544 g/mol. The van der Waals surface area contributed by atoms with Crippen molar-refractivity contribution in [1.29, 1.82) is 5.26 Å². The van der Waals surface area contributed by atoms with Crippen molar-refractivity contribution in [3.63, 3.8) is 0 Å². The highest BCUT2D eigenvalue weighted by atomic mass is 32.2. The van der Waals surface area contributed by atoms with Crippen molar-refractivity contribution in [2.24, 2.45) is 10.2 Å². The SMILES string of the molecule is C=CS(=O)CCNc1nc(NCCCOC)c(N=Nc2cc(C)c(S(=O)C=C)cc2OC)c(C)c1C#N. The van der Waals surface area contributed by atoms with Gasteiger partial charge in [0.1, 0.15) is 29.0 Å². The van der Waals surface area contributed by atoms with Gasteiger partial charge < -0.3 is 20.1 Å². The molecular formula is C25H32N6O4S2. The number of aromatic nitrogens is 1. The number of hydrogen-bond donors (Lipinski definition) is 2. The molecule has 1 aromatic carbocycles. The molecule has 1 aromatic heterocycles. The Labute approximate surface area is 222 Å². The maximum absolute atomic E-state index is 12.3. The number of rotatable bonds is 15. The molecule has 0 saturated carbocycles. The summed E-state index contributed by atoms with van der Waals surface area (Å²) in [6, 6.07) is 5.56. The van der Waals surface area contributed by atoms with Crippen molar-refractivity contribution in [2.45, 2.75) is 25.2 Å². The van der Waals surface area contributed by atoms with Gasteiger partial charge in [-0.25, -0.2) is 9.19 Å². The molecule has 12 heteroatoms. The summed E-state index contributed by atoms with van der Waals surface area (Å²) < 4.78 is 34.5. The lowest BCUT2D eigenvalue weighted by Crippen LogP contribution is -2.14. The fraction of sp³-hybridized carbons (Fsp3) is 0.360. The van der Waals surface area contributed by atoms with E-state index in [0.29, 0.717) is 70.2 Å². The average molecular weight is 545 g/mol. The highest BCUT2D eigenvalue weighted by molar-refractivity contribution is 7.88. The Morgan fingerprint density at radius 3 is 2.46 bits per heavy atom. The van der Waals surface area contributed by atoms with Gasteiger partial charge in [-0.1, -0.05) is 13.2 Å². The van der Waals surface area contributed by atoms with E-state index in [9.17, 15) is 13.7 Å². The highest BCUT2D eigenvalue weighted by Gasteiger charge is 2.18. The van der Waals surface area contributed by atoms with E-state index < -0.39 is 21.6 Å². The van der Waals surface area contributed by atoms with Crippen LogP contribution in [0.3, 0.4) is 0 Å². The molecule has 198 valence electrons. The molecule has 0 radical (unpaired) electrons. The van der Waals surface area contributed by atoms with Gasteiger partial charge in [0.05, 0.1) is 23.5 Å². The first-order chi connectivity index (χ1) is 17.8. The van der Waals surface area contributed by atoms with E-state index in [0.717, 1.165) is 12.0 Å². The minimum absolute atomic E-state index is 0.306. The molecule has 0 amide bonds. The van der Waals surface area contributed by atoms with Crippen LogP contribution in [0.4, 0.5) is 23.0 Å². The second-order valence-corrected chi connectivity index (χ2v) is 10.5. The third-order valence-electron chi connectivity index (χ3n) is 5.23. The van der Waals surface area contributed by atoms with Gasteiger partial charge in [0.15, 0.2) is 5.82 Å². The Bertz CT molecular complexity index is 1260. The van der Waals surface area contributed by atoms with Crippen molar-refractivity contribution >= 4 is 44.6 Å². The molecule has 2 unspecified atom stereocenters. The normalized spacial score (nSPS) is 12.5. The van der Waals surface area contributed by atoms with Gasteiger partial charge in [-0.05, 0) is 43.4 Å². The number of nitrogens with zero attached hydrogens (tertiary/aromatic N) is 4. The fourth-order valence-corrected chi connectivity index (χ4v) is 4.54. The van der Waals surface area contributed by atoms with Crippen molar-refractivity contribution in [2.75, 3.05) is 50.3 Å². The number of hydrogen-bond acceptors (Lipinski definition) is 10. The molecule has 0 fully saturated rings. The van der Waals surface area contributed by atoms with E-state index in [4.69, 9.17) is 9.47 Å². The summed E-state index contributed by atoms with van der Waals surface area (Å²) in [5, 5.41) is 27.8. The summed E-state index contributed by atoms with van der Waals surface area (Å²) in [7, 11) is 0.572. The standard InChI is InChI=1S/C25H32N6O4S2/c1-7-36(32)13-11-28-24-19(16-26)18(4)23(25(29-24)27-10-9-12-34-5)31-30-20-14-17(3)22(37(33)8-2)15-21(20)35-6/h7-8,14-15H,1-2,9-13H2,3-6H3,(H2,27,28,29). The van der Waals surface area contributed by atoms with Gasteiger partial charge in [-0.2, -0.15) is 5.26 Å². The quantitative estimate of drug-likeness (QED) is 0.236. The number of aryl methyl sites for hydroxylation is 1. The van der Waals surface area contributed by atoms with E-state index in [1.165, 1.54) is 17.9 Å². The summed E-state index contributed by atoms with van der Waals surface area (Å²) in [5.41, 5.74) is 2.45. The zero-order valence-electron chi connectivity index (χ0n) is 21.5. The summed E-state index contributed by atoms with van der Waals surface area (Å²) in [5.74, 6) is 1.52. The predicted molar refractivity (Wildman–Crippen MR) is 149 cm³/mol. The summed E-state index contributed by atoms with van der Waals surface area (Å²) in [6.45, 7) is 12.2. The molecule has 37 heavy (non-hydrogen) atoms. The number of pyridine rings is 1. The molecule has 10 nitrogen and oxygen atoms in total. The lowest BCUT2D eigenvalue weighted by Gasteiger charge is -2.15. The van der Waals surface area contributed by atoms with Crippen molar-refractivity contribution < 1.29 is 17.9 Å². The number of anilines is 2. The van der Waals surface area contributed by atoms with Crippen LogP contribution in [0.2, 0.25) is 0 Å². The molecule has 2 N–H and O–H groups in total. The molecule has 2 atom stereocenters. The summed E-state index contributed by atoms with van der Waals surface area (Å²) in [4.78, 5) is 5.17. The lowest BCUT2D eigenvalue weighted by molar-refractivity contribution is 0.198. The zero-order chi connectivity index (χ0) is 27.4. The minimum Gasteiger partial charge on any atom is -0.494 e. The van der Waals surface area contributed by atoms with Crippen molar-refractivity contribution in [3.05, 3.63) is 52.8 Å². The Morgan fingerprint density at radius 2 is 1.84 bits per heavy atom. The van der Waals surface area contributed by atoms with Crippen LogP contribution in [-0.2, 0) is 26.3 Å². The van der Waals surface area contributed by atoms with E-state index in [-0.39, 0.29) is 0 Å². The largest absolute Gasteiger partial charge is 0.494 e. The second-order valence-electron chi connectivity index (χ2n) is 7.67. The fourth-order valence-electron chi connectivity index (χ4n) is 3.29. The first-order valence-electron chi connectivity index (χ1n) is 11.4. The van der Waals surface area contributed by atoms with Crippen LogP contribution < -0.4 is 15.4 Å². The molecular weight excluding hydrogens is 512 g/mol. The van der Waals surface area contributed by atoms with Gasteiger partial charge >= 0.3 is 0 Å². The van der Waals surface area contributed by atoms with Gasteiger partial charge in [-0.3, -0.25) is 4.21 Å². The Kier molecular flexibility index (Phi) is 12.1. The van der Waals surface area contributed by atoms with Crippen LogP contribution in [0, 0.1) is 25.2 Å². The van der Waals surface area contributed by atoms with Crippen LogP contribution in [0.15, 0.2) is 51.2 Å². The molecule has 1 heterocycles. The van der Waals surface area contributed by atoms with Crippen LogP contribution >= 0.6 is 0 Å². The predicted octanol–water partition coefficient (Wildman–Crippen LogP) is 5.00. The number of ether oxygens (including phenoxy) is 2. The van der Waals surface area contributed by atoms with Crippen LogP contribution in [0.5, 0.6) is 5.75 Å². The third-order valence-corrected chi connectivity index (χ3v) is 7.38. The molecule has 2 rings (SSSR count). The number of nitrogens with one attached hydrogen (secondary N) is 2. The first-order valence-corrected chi connectivity index (χ1v) is 13.9. The van der Waals surface area contributed by atoms with E-state index in [1.807, 2.05) is 6.92 Å². The summed E-state index contributed by atoms with van der Waals surface area (Å²) >= 11 is 0. The van der Waals surface area contributed by atoms with Crippen LogP contribution in [0.1, 0.15) is 23.1 Å². The maximum atomic E-state index is 12.3. The molecule has 0 aliphatic rings. The number of methoxy groups -OCH3 is 2. The Morgan fingerprint density at radius 1 is 1.11 bits per heavy atom. The smallest absolute Gasteiger partial charge is 0.156 e. The van der Waals surface area contributed by atoms with Gasteiger partial charge in [0.25, 0.3) is 0 Å². The van der Waals surface area contributed by atoms with Crippen LogP contribution in [-0.4, -0.2) is 53.1 Å². The van der Waals surface area contributed by atoms with E-state index in [2.05, 4.69) is 45.1 Å². The maximum Gasteiger partial charge on any atom is 0.156 e. The molecule has 0 aliphatic carbocycles. The van der Waals surface area contributed by atoms with Crippen LogP contribution in [0.25, 0.3) is 0 Å². The lowest BCUT2D eigenvalue weighted by atomic mass is 10.1. The minimum atomic E-state index is -1.38. The molecule has 0 aliphatic heterocycles. The molecule has 2 aromatic rings. The molecule has 0 spiro atoms. The van der Waals surface area contributed by atoms with Gasteiger partial charge in [-0.15, -0.1) is 10.2 Å². The Hall–Kier alpha value is -3.40. The number of azo groups is 1. The Balaban J connectivity index is 2.53. The average Bonchev–Trinajstić information content (AvgIpc) is 2.90. The number of benzene rings is 1. The molecule has 0 saturated heterocycles. The second kappa shape index (κ2) is 15.0. The van der Waals surface area contributed by atoms with Crippen molar-refractivity contribution in [3.8, 4) is 11.8 Å². The van der Waals surface area contributed by atoms with E-state index >= 15 is 0 Å². The highest BCUT2D eigenvalue weighted by Crippen LogP contribution is 2.37. The van der Waals surface area contributed by atoms with Crippen molar-refractivity contribution in [1.82, 2.24) is 4.98 Å². The van der Waals surface area contributed by atoms with E-state index in [1.54, 1.807) is 26.2 Å². The zero-order valence-corrected chi connectivity index (χ0v) is 23.1. The molecule has 0 bridgehead atoms. The summed E-state index contributed by atoms with van der Waals surface area (Å²) in [6.07, 6.45) is 0.726. The third kappa shape index (κ3) is 8.04. The first kappa shape index (κ1) is 29.8. The van der Waals surface area contributed by atoms with Gasteiger partial charge in [0.2, 0.25) is 0 Å². The topological polar surface area (TPSA) is 138 Å². The van der Waals surface area contributed by atoms with Gasteiger partial charge in [0, 0.05) is 59.2 Å².